The first-order valence-electron chi connectivity index (χ1n) is 8.32. The second-order valence-corrected chi connectivity index (χ2v) is 7.77. The van der Waals surface area contributed by atoms with Crippen LogP contribution in [-0.2, 0) is 19.2 Å². The van der Waals surface area contributed by atoms with E-state index in [9.17, 15) is 19.2 Å². The molecule has 0 aliphatic carbocycles. The zero-order valence-electron chi connectivity index (χ0n) is 15.4. The van der Waals surface area contributed by atoms with Crippen LogP contribution in [-0.4, -0.2) is 69.7 Å². The van der Waals surface area contributed by atoms with Gasteiger partial charge >= 0.3 is 5.97 Å². The van der Waals surface area contributed by atoms with E-state index in [1.165, 1.54) is 14.2 Å². The van der Waals surface area contributed by atoms with Crippen LogP contribution in [0, 0.1) is 0 Å². The van der Waals surface area contributed by atoms with Crippen molar-refractivity contribution in [1.29, 1.82) is 0 Å². The van der Waals surface area contributed by atoms with Crippen LogP contribution in [0.2, 0.25) is 0 Å². The first-order chi connectivity index (χ1) is 13.8. The number of carboxylic acid groups (broad SMARTS) is 1. The number of imide groups is 1. The van der Waals surface area contributed by atoms with Gasteiger partial charge in [0.25, 0.3) is 11.8 Å². The van der Waals surface area contributed by atoms with Gasteiger partial charge in [0.05, 0.1) is 25.5 Å². The number of carboxylic acids is 1. The predicted molar refractivity (Wildman–Crippen MR) is 107 cm³/mol. The standard InChI is InChI=1S/C18H16N2O7S2/c1-26-11-4-3-9(5-12(11)27-2)6-13-17(25)20(18(28)29-13)10-7-14(21)19(16(10)24)8-15(22)23/h3-6,10H,7-8H2,1-2H3,(H,22,23)/b13-6-. The Hall–Kier alpha value is -2.92. The first-order valence-corrected chi connectivity index (χ1v) is 9.54. The van der Waals surface area contributed by atoms with Gasteiger partial charge in [-0.15, -0.1) is 0 Å². The van der Waals surface area contributed by atoms with Crippen LogP contribution in [0.1, 0.15) is 12.0 Å². The summed E-state index contributed by atoms with van der Waals surface area (Å²) in [7, 11) is 3.00. The summed E-state index contributed by atoms with van der Waals surface area (Å²) >= 11 is 6.24. The Balaban J connectivity index is 1.85. The molecule has 0 saturated carbocycles. The quantitative estimate of drug-likeness (QED) is 0.398. The van der Waals surface area contributed by atoms with E-state index in [0.717, 1.165) is 16.7 Å². The number of thioether (sulfide) groups is 1. The summed E-state index contributed by atoms with van der Waals surface area (Å²) in [6.07, 6.45) is 1.29. The Morgan fingerprint density at radius 2 is 1.97 bits per heavy atom. The lowest BCUT2D eigenvalue weighted by molar-refractivity contribution is -0.149. The number of hydrogen-bond donors (Lipinski definition) is 1. The Morgan fingerprint density at radius 3 is 2.59 bits per heavy atom. The molecule has 0 spiro atoms. The monoisotopic (exact) mass is 436 g/mol. The van der Waals surface area contributed by atoms with Crippen LogP contribution >= 0.6 is 24.0 Å². The van der Waals surface area contributed by atoms with E-state index in [-0.39, 0.29) is 15.6 Å². The third kappa shape index (κ3) is 3.96. The minimum atomic E-state index is -1.31. The van der Waals surface area contributed by atoms with E-state index >= 15 is 0 Å². The minimum Gasteiger partial charge on any atom is -0.493 e. The number of nitrogens with zero attached hydrogens (tertiary/aromatic N) is 2. The molecule has 2 fully saturated rings. The fourth-order valence-electron chi connectivity index (χ4n) is 3.01. The lowest BCUT2D eigenvalue weighted by Gasteiger charge is -2.20. The van der Waals surface area contributed by atoms with Crippen molar-refractivity contribution in [3.05, 3.63) is 28.7 Å². The van der Waals surface area contributed by atoms with Crippen LogP contribution in [0.4, 0.5) is 0 Å². The molecule has 2 aliphatic rings. The molecule has 9 nitrogen and oxygen atoms in total. The van der Waals surface area contributed by atoms with E-state index in [0.29, 0.717) is 22.0 Å². The van der Waals surface area contributed by atoms with Crippen molar-refractivity contribution in [1.82, 2.24) is 9.80 Å². The van der Waals surface area contributed by atoms with Gasteiger partial charge in [-0.25, -0.2) is 0 Å². The number of thiocarbonyl (C=S) groups is 1. The number of aliphatic carboxylic acids is 1. The molecule has 0 radical (unpaired) electrons. The van der Waals surface area contributed by atoms with Crippen molar-refractivity contribution in [2.45, 2.75) is 12.5 Å². The highest BCUT2D eigenvalue weighted by atomic mass is 32.2. The van der Waals surface area contributed by atoms with Gasteiger partial charge in [-0.2, -0.15) is 0 Å². The van der Waals surface area contributed by atoms with Crippen LogP contribution in [0.15, 0.2) is 23.1 Å². The molecular weight excluding hydrogens is 420 g/mol. The number of hydrogen-bond acceptors (Lipinski definition) is 8. The summed E-state index contributed by atoms with van der Waals surface area (Å²) in [6.45, 7) is -0.746. The predicted octanol–water partition coefficient (Wildman–Crippen LogP) is 1.12. The zero-order valence-corrected chi connectivity index (χ0v) is 17.0. The molecule has 152 valence electrons. The molecule has 1 aromatic rings. The average molecular weight is 436 g/mol. The molecular formula is C18H16N2O7S2. The third-order valence-corrected chi connectivity index (χ3v) is 5.68. The molecule has 3 amide bonds. The van der Waals surface area contributed by atoms with E-state index in [1.807, 2.05) is 0 Å². The summed E-state index contributed by atoms with van der Waals surface area (Å²) in [5, 5.41) is 8.87. The van der Waals surface area contributed by atoms with Crippen molar-refractivity contribution in [2.75, 3.05) is 20.8 Å². The number of ether oxygens (including phenoxy) is 2. The molecule has 29 heavy (non-hydrogen) atoms. The van der Waals surface area contributed by atoms with Gasteiger partial charge in [0, 0.05) is 0 Å². The molecule has 2 saturated heterocycles. The highest BCUT2D eigenvalue weighted by molar-refractivity contribution is 8.26. The maximum Gasteiger partial charge on any atom is 0.323 e. The van der Waals surface area contributed by atoms with Gasteiger partial charge < -0.3 is 14.6 Å². The fourth-order valence-corrected chi connectivity index (χ4v) is 4.37. The molecule has 2 aliphatic heterocycles. The highest BCUT2D eigenvalue weighted by Gasteiger charge is 2.48. The Bertz CT molecular complexity index is 960. The minimum absolute atomic E-state index is 0.130. The lowest BCUT2D eigenvalue weighted by atomic mass is 10.1. The summed E-state index contributed by atoms with van der Waals surface area (Å²) in [5.41, 5.74) is 0.657. The van der Waals surface area contributed by atoms with Crippen molar-refractivity contribution in [3.63, 3.8) is 0 Å². The molecule has 1 N–H and O–H groups in total. The topological polar surface area (TPSA) is 113 Å². The molecule has 1 atom stereocenters. The number of methoxy groups -OCH3 is 2. The Morgan fingerprint density at radius 1 is 1.28 bits per heavy atom. The molecule has 3 rings (SSSR count). The van der Waals surface area contributed by atoms with Crippen LogP contribution in [0.25, 0.3) is 6.08 Å². The number of benzene rings is 1. The van der Waals surface area contributed by atoms with Crippen LogP contribution in [0.3, 0.4) is 0 Å². The molecule has 0 aromatic heterocycles. The van der Waals surface area contributed by atoms with E-state index < -0.39 is 36.3 Å². The lowest BCUT2D eigenvalue weighted by Crippen LogP contribution is -2.45. The van der Waals surface area contributed by atoms with Gasteiger partial charge in [0.1, 0.15) is 16.9 Å². The highest BCUT2D eigenvalue weighted by Crippen LogP contribution is 2.37. The van der Waals surface area contributed by atoms with Gasteiger partial charge in [0.2, 0.25) is 5.91 Å². The summed E-state index contributed by atoms with van der Waals surface area (Å²) < 4.78 is 10.6. The van der Waals surface area contributed by atoms with Gasteiger partial charge in [0.15, 0.2) is 11.5 Å². The average Bonchev–Trinajstić information content (AvgIpc) is 3.10. The number of rotatable bonds is 6. The maximum atomic E-state index is 12.9. The smallest absolute Gasteiger partial charge is 0.323 e. The molecule has 2 heterocycles. The zero-order chi connectivity index (χ0) is 21.3. The van der Waals surface area contributed by atoms with E-state index in [4.69, 9.17) is 26.8 Å². The van der Waals surface area contributed by atoms with Crippen LogP contribution < -0.4 is 9.47 Å². The molecule has 1 aromatic carbocycles. The Labute approximate surface area is 175 Å². The van der Waals surface area contributed by atoms with Crippen LogP contribution in [0.5, 0.6) is 11.5 Å². The Kier molecular flexibility index (Phi) is 5.89. The normalized spacial score (nSPS) is 20.8. The first kappa shape index (κ1) is 20.8. The van der Waals surface area contributed by atoms with Crippen molar-refractivity contribution >= 4 is 58.1 Å². The number of carbonyl (C=O) groups excluding carboxylic acids is 3. The summed E-state index contributed by atoms with van der Waals surface area (Å²) in [6, 6.07) is 3.97. The largest absolute Gasteiger partial charge is 0.493 e. The van der Waals surface area contributed by atoms with Gasteiger partial charge in [-0.1, -0.05) is 30.0 Å². The summed E-state index contributed by atoms with van der Waals surface area (Å²) in [5.74, 6) is -2.21. The van der Waals surface area contributed by atoms with E-state index in [1.54, 1.807) is 24.3 Å². The number of amides is 3. The van der Waals surface area contributed by atoms with Crippen molar-refractivity contribution in [2.24, 2.45) is 0 Å². The van der Waals surface area contributed by atoms with Crippen molar-refractivity contribution < 1.29 is 33.8 Å². The van der Waals surface area contributed by atoms with Gasteiger partial charge in [-0.3, -0.25) is 29.0 Å². The second kappa shape index (κ2) is 8.21. The molecule has 0 bridgehead atoms. The maximum absolute atomic E-state index is 12.9. The fraction of sp³-hybridized carbons (Fsp3) is 0.278. The summed E-state index contributed by atoms with van der Waals surface area (Å²) in [4.78, 5) is 50.2. The third-order valence-electron chi connectivity index (χ3n) is 4.35. The van der Waals surface area contributed by atoms with Crippen molar-refractivity contribution in [3.8, 4) is 11.5 Å². The number of carbonyl (C=O) groups is 4. The SMILES string of the molecule is COc1ccc(/C=C2\SC(=S)N(C3CC(=O)N(CC(=O)O)C3=O)C2=O)cc1OC. The van der Waals surface area contributed by atoms with Gasteiger partial charge in [-0.05, 0) is 23.8 Å². The van der Waals surface area contributed by atoms with E-state index in [2.05, 4.69) is 0 Å². The second-order valence-electron chi connectivity index (χ2n) is 6.10. The molecule has 1 unspecified atom stereocenters. The number of likely N-dealkylation sites (tertiary alicyclic amines) is 1. The molecule has 11 heteroatoms.